The van der Waals surface area contributed by atoms with Gasteiger partial charge in [-0.05, 0) is 24.5 Å². The van der Waals surface area contributed by atoms with Crippen LogP contribution in [-0.2, 0) is 6.54 Å². The molecule has 1 aromatic carbocycles. The summed E-state index contributed by atoms with van der Waals surface area (Å²) in [6.07, 6.45) is 5.49. The highest BCUT2D eigenvalue weighted by Gasteiger charge is 2.53. The van der Waals surface area contributed by atoms with Crippen molar-refractivity contribution in [2.45, 2.75) is 11.4 Å². The number of hydrogen-bond acceptors (Lipinski definition) is 7. The Kier molecular flexibility index (Phi) is 5.62. The average molecular weight is 415 g/mol. The molecule has 0 aliphatic carbocycles. The van der Waals surface area contributed by atoms with Gasteiger partial charge >= 0.3 is 6.03 Å². The van der Waals surface area contributed by atoms with E-state index in [1.54, 1.807) is 24.2 Å². The molecule has 2 saturated heterocycles. The number of hydrogen-bond donors (Lipinski definition) is 3. The molecule has 2 unspecified atom stereocenters. The molecule has 2 atom stereocenters. The van der Waals surface area contributed by atoms with Gasteiger partial charge in [0.25, 0.3) is 0 Å². The second-order valence-corrected chi connectivity index (χ2v) is 8.76. The third-order valence-electron chi connectivity index (χ3n) is 5.88. The first-order valence-electron chi connectivity index (χ1n) is 9.61. The number of likely N-dealkylation sites (tertiary alicyclic amines) is 2. The van der Waals surface area contributed by atoms with E-state index in [2.05, 4.69) is 20.2 Å². The van der Waals surface area contributed by atoms with Crippen molar-refractivity contribution in [2.75, 3.05) is 50.1 Å². The smallest absolute Gasteiger partial charge is 0.321 e. The van der Waals surface area contributed by atoms with Gasteiger partial charge in [-0.3, -0.25) is 4.90 Å². The van der Waals surface area contributed by atoms with E-state index in [1.807, 2.05) is 35.4 Å². The number of carbonyl (C=O) groups excluding carboxylic acids is 1. The molecule has 2 aromatic rings. The number of thioether (sulfide) groups is 1. The minimum absolute atomic E-state index is 0.0676. The number of aliphatic hydroxyl groups is 1. The number of nitrogens with one attached hydrogen (secondary N) is 1. The molecule has 1 aromatic heterocycles. The predicted molar refractivity (Wildman–Crippen MR) is 114 cm³/mol. The number of nitrogen functional groups attached to an aromatic ring is 1. The Morgan fingerprint density at radius 3 is 2.83 bits per heavy atom. The first-order valence-corrected chi connectivity index (χ1v) is 10.8. The van der Waals surface area contributed by atoms with Crippen LogP contribution >= 0.6 is 11.8 Å². The first kappa shape index (κ1) is 19.9. The number of aromatic nitrogens is 2. The molecule has 0 saturated carbocycles. The molecular weight excluding hydrogens is 388 g/mol. The Labute approximate surface area is 174 Å². The molecule has 4 N–H and O–H groups in total. The van der Waals surface area contributed by atoms with Crippen molar-refractivity contribution in [3.05, 3.63) is 42.2 Å². The summed E-state index contributed by atoms with van der Waals surface area (Å²) in [5, 5.41) is 13.2. The monoisotopic (exact) mass is 414 g/mol. The molecule has 0 bridgehead atoms. The Bertz CT molecular complexity index is 880. The quantitative estimate of drug-likeness (QED) is 0.640. The van der Waals surface area contributed by atoms with E-state index in [1.165, 1.54) is 0 Å². The highest BCUT2D eigenvalue weighted by Crippen LogP contribution is 2.42. The van der Waals surface area contributed by atoms with Crippen LogP contribution in [0.4, 0.5) is 16.4 Å². The fraction of sp³-hybridized carbons (Fsp3) is 0.450. The molecule has 29 heavy (non-hydrogen) atoms. The summed E-state index contributed by atoms with van der Waals surface area (Å²) in [4.78, 5) is 26.1. The molecular formula is C20H26N6O2S. The number of urea groups is 1. The number of benzene rings is 1. The topological polar surface area (TPSA) is 108 Å². The van der Waals surface area contributed by atoms with Gasteiger partial charge in [0.1, 0.15) is 0 Å². The van der Waals surface area contributed by atoms with Crippen molar-refractivity contribution in [3.63, 3.8) is 0 Å². The van der Waals surface area contributed by atoms with E-state index in [0.29, 0.717) is 19.6 Å². The largest absolute Gasteiger partial charge is 0.396 e. The number of anilines is 2. The van der Waals surface area contributed by atoms with Crippen LogP contribution < -0.4 is 11.1 Å². The summed E-state index contributed by atoms with van der Waals surface area (Å²) < 4.78 is 0. The second kappa shape index (κ2) is 8.17. The van der Waals surface area contributed by atoms with Crippen LogP contribution in [0.5, 0.6) is 0 Å². The van der Waals surface area contributed by atoms with E-state index in [4.69, 9.17) is 5.73 Å². The van der Waals surface area contributed by atoms with Crippen LogP contribution in [0, 0.1) is 11.3 Å². The minimum atomic E-state index is -0.285. The van der Waals surface area contributed by atoms with Crippen LogP contribution in [0.1, 0.15) is 5.56 Å². The third-order valence-corrected chi connectivity index (χ3v) is 6.61. The molecule has 2 aliphatic heterocycles. The standard InChI is InChI=1S/C20H26N6O2S/c1-29-17-4-2-3-16(5-17)24-19(28)26-10-15-9-25(11-20(15,12-26)13-27)8-14-6-22-18(21)23-7-14/h2-7,15,27H,8-13H2,1H3,(H,24,28)(H2,21,22,23). The van der Waals surface area contributed by atoms with Crippen molar-refractivity contribution >= 4 is 29.4 Å². The fourth-order valence-corrected chi connectivity index (χ4v) is 4.86. The van der Waals surface area contributed by atoms with Crippen LogP contribution in [0.3, 0.4) is 0 Å². The van der Waals surface area contributed by atoms with Gasteiger partial charge < -0.3 is 21.1 Å². The van der Waals surface area contributed by atoms with Crippen molar-refractivity contribution in [1.29, 1.82) is 0 Å². The number of amides is 2. The Balaban J connectivity index is 1.38. The number of aliphatic hydroxyl groups excluding tert-OH is 1. The van der Waals surface area contributed by atoms with Gasteiger partial charge in [-0.1, -0.05) is 6.07 Å². The van der Waals surface area contributed by atoms with E-state index in [0.717, 1.165) is 29.2 Å². The number of nitrogens with two attached hydrogens (primary N) is 1. The molecule has 2 aliphatic rings. The van der Waals surface area contributed by atoms with Crippen molar-refractivity contribution < 1.29 is 9.90 Å². The highest BCUT2D eigenvalue weighted by molar-refractivity contribution is 7.98. The summed E-state index contributed by atoms with van der Waals surface area (Å²) >= 11 is 1.64. The molecule has 0 radical (unpaired) electrons. The second-order valence-electron chi connectivity index (χ2n) is 7.88. The molecule has 2 fully saturated rings. The molecule has 4 rings (SSSR count). The van der Waals surface area contributed by atoms with Crippen molar-refractivity contribution in [1.82, 2.24) is 19.8 Å². The maximum absolute atomic E-state index is 12.8. The van der Waals surface area contributed by atoms with Crippen molar-refractivity contribution in [2.24, 2.45) is 11.3 Å². The molecule has 8 nitrogen and oxygen atoms in total. The fourth-order valence-electron chi connectivity index (χ4n) is 4.40. The summed E-state index contributed by atoms with van der Waals surface area (Å²) in [7, 11) is 0. The van der Waals surface area contributed by atoms with E-state index in [-0.39, 0.29) is 29.9 Å². The SMILES string of the molecule is CSc1cccc(NC(=O)N2CC3CN(Cc4cnc(N)nc4)CC3(CO)C2)c1. The van der Waals surface area contributed by atoms with Gasteiger partial charge in [-0.25, -0.2) is 14.8 Å². The lowest BCUT2D eigenvalue weighted by atomic mass is 9.82. The van der Waals surface area contributed by atoms with E-state index in [9.17, 15) is 9.90 Å². The number of nitrogens with zero attached hydrogens (tertiary/aromatic N) is 4. The Hall–Kier alpha value is -2.36. The van der Waals surface area contributed by atoms with Gasteiger partial charge in [0.2, 0.25) is 5.95 Å². The Morgan fingerprint density at radius 1 is 1.34 bits per heavy atom. The predicted octanol–water partition coefficient (Wildman–Crippen LogP) is 1.74. The number of fused-ring (bicyclic) bond motifs is 1. The van der Waals surface area contributed by atoms with Gasteiger partial charge in [-0.2, -0.15) is 0 Å². The van der Waals surface area contributed by atoms with Gasteiger partial charge in [0, 0.05) is 72.6 Å². The molecule has 9 heteroatoms. The zero-order chi connectivity index (χ0) is 20.4. The molecule has 0 spiro atoms. The summed E-state index contributed by atoms with van der Waals surface area (Å²) in [6, 6.07) is 7.71. The highest BCUT2D eigenvalue weighted by atomic mass is 32.2. The van der Waals surface area contributed by atoms with Crippen LogP contribution in [0.25, 0.3) is 0 Å². The van der Waals surface area contributed by atoms with Crippen LogP contribution in [0.2, 0.25) is 0 Å². The minimum Gasteiger partial charge on any atom is -0.396 e. The summed E-state index contributed by atoms with van der Waals surface area (Å²) in [5.74, 6) is 0.508. The lowest BCUT2D eigenvalue weighted by Crippen LogP contribution is -2.40. The van der Waals surface area contributed by atoms with Gasteiger partial charge in [0.05, 0.1) is 6.61 Å². The lowest BCUT2D eigenvalue weighted by molar-refractivity contribution is 0.115. The normalized spacial score (nSPS) is 23.9. The summed E-state index contributed by atoms with van der Waals surface area (Å²) in [5.41, 5.74) is 7.06. The molecule has 154 valence electrons. The maximum atomic E-state index is 12.8. The molecule has 2 amide bonds. The van der Waals surface area contributed by atoms with Gasteiger partial charge in [-0.15, -0.1) is 11.8 Å². The number of carbonyl (C=O) groups is 1. The summed E-state index contributed by atoms with van der Waals surface area (Å²) in [6.45, 7) is 3.55. The Morgan fingerprint density at radius 2 is 2.14 bits per heavy atom. The van der Waals surface area contributed by atoms with E-state index < -0.39 is 0 Å². The zero-order valence-electron chi connectivity index (χ0n) is 16.4. The average Bonchev–Trinajstić information content (AvgIpc) is 3.24. The maximum Gasteiger partial charge on any atom is 0.321 e. The van der Waals surface area contributed by atoms with Crippen LogP contribution in [-0.4, -0.2) is 69.9 Å². The van der Waals surface area contributed by atoms with Crippen molar-refractivity contribution in [3.8, 4) is 0 Å². The van der Waals surface area contributed by atoms with Crippen LogP contribution in [0.15, 0.2) is 41.6 Å². The van der Waals surface area contributed by atoms with Gasteiger partial charge in [0.15, 0.2) is 0 Å². The van der Waals surface area contributed by atoms with E-state index >= 15 is 0 Å². The lowest BCUT2D eigenvalue weighted by Gasteiger charge is -2.27. The third kappa shape index (κ3) is 4.17. The zero-order valence-corrected chi connectivity index (χ0v) is 17.2. The first-order chi connectivity index (χ1) is 14.0. The molecule has 3 heterocycles. The number of rotatable bonds is 5.